The Labute approximate surface area is 199 Å². The van der Waals surface area contributed by atoms with Crippen LogP contribution >= 0.6 is 11.6 Å². The summed E-state index contributed by atoms with van der Waals surface area (Å²) in [5.74, 6) is -1.30. The van der Waals surface area contributed by atoms with E-state index in [-0.39, 0.29) is 27.6 Å². The van der Waals surface area contributed by atoms with E-state index in [1.54, 1.807) is 4.57 Å². The van der Waals surface area contributed by atoms with Crippen molar-refractivity contribution < 1.29 is 27.2 Å². The van der Waals surface area contributed by atoms with E-state index in [1.165, 1.54) is 43.3 Å². The minimum absolute atomic E-state index is 0.0261. The highest BCUT2D eigenvalue weighted by atomic mass is 35.5. The number of alkyl halides is 3. The predicted molar refractivity (Wildman–Crippen MR) is 124 cm³/mol. The molecule has 0 unspecified atom stereocenters. The lowest BCUT2D eigenvalue weighted by molar-refractivity contribution is -0.137. The smallest absolute Gasteiger partial charge is 0.330 e. The summed E-state index contributed by atoms with van der Waals surface area (Å²) in [6, 6.07) is 9.40. The predicted octanol–water partition coefficient (Wildman–Crippen LogP) is 7.60. The van der Waals surface area contributed by atoms with Crippen LogP contribution in [0.5, 0.6) is 0 Å². The van der Waals surface area contributed by atoms with E-state index in [4.69, 9.17) is 11.6 Å². The third-order valence-electron chi connectivity index (χ3n) is 5.27. The second-order valence-corrected chi connectivity index (χ2v) is 8.15. The van der Waals surface area contributed by atoms with Gasteiger partial charge in [0.05, 0.1) is 16.8 Å². The van der Waals surface area contributed by atoms with E-state index in [1.807, 2.05) is 6.92 Å². The van der Waals surface area contributed by atoms with Crippen LogP contribution in [0.2, 0.25) is 5.15 Å². The summed E-state index contributed by atoms with van der Waals surface area (Å²) in [6.07, 6.45) is -0.283. The van der Waals surface area contributed by atoms with Crippen molar-refractivity contribution in [3.05, 3.63) is 87.8 Å². The molecule has 3 nitrogen and oxygen atoms in total. The minimum atomic E-state index is -4.54. The Morgan fingerprint density at radius 2 is 1.65 bits per heavy atom. The number of ketones is 2. The van der Waals surface area contributed by atoms with E-state index in [2.05, 4.69) is 0 Å². The van der Waals surface area contributed by atoms with Crippen LogP contribution in [0.3, 0.4) is 0 Å². The normalized spacial score (nSPS) is 11.9. The van der Waals surface area contributed by atoms with Gasteiger partial charge in [-0.05, 0) is 67.5 Å². The highest BCUT2D eigenvalue weighted by molar-refractivity contribution is 6.33. The maximum atomic E-state index is 13.6. The fourth-order valence-corrected chi connectivity index (χ4v) is 3.91. The van der Waals surface area contributed by atoms with E-state index >= 15 is 0 Å². The standard InChI is InChI=1S/C26H22ClF4NO2/c1-3-4-15-32-23(17-8-12-20(28)13-9-17)22(21(25(32)27)14-5-16(2)33)24(34)18-6-10-19(11-7-18)26(29,30)31/h5-14H,3-4,15H2,1-2H3/b14-5+. The van der Waals surface area contributed by atoms with Crippen molar-refractivity contribution in [3.8, 4) is 11.3 Å². The topological polar surface area (TPSA) is 39.1 Å². The molecule has 1 aromatic heterocycles. The molecule has 0 aliphatic heterocycles. The molecule has 0 N–H and O–H groups in total. The maximum absolute atomic E-state index is 13.6. The number of carbonyl (C=O) groups excluding carboxylic acids is 2. The molecule has 0 aliphatic rings. The molecule has 0 fully saturated rings. The van der Waals surface area contributed by atoms with Crippen molar-refractivity contribution in [2.45, 2.75) is 39.4 Å². The monoisotopic (exact) mass is 491 g/mol. The summed E-state index contributed by atoms with van der Waals surface area (Å²) in [5.41, 5.74) is 0.474. The molecule has 0 saturated heterocycles. The molecular formula is C26H22ClF4NO2. The molecule has 3 rings (SSSR count). The Hall–Kier alpha value is -3.19. The maximum Gasteiger partial charge on any atom is 0.416 e. The first kappa shape index (κ1) is 25.4. The van der Waals surface area contributed by atoms with E-state index in [0.29, 0.717) is 17.8 Å². The number of halogens is 5. The Bertz CT molecular complexity index is 1220. The summed E-state index contributed by atoms with van der Waals surface area (Å²) in [5, 5.41) is 0.209. The lowest BCUT2D eigenvalue weighted by atomic mass is 9.95. The van der Waals surface area contributed by atoms with Crippen molar-refractivity contribution in [1.29, 1.82) is 0 Å². The van der Waals surface area contributed by atoms with Gasteiger partial charge < -0.3 is 4.57 Å². The molecule has 34 heavy (non-hydrogen) atoms. The number of rotatable bonds is 8. The summed E-state index contributed by atoms with van der Waals surface area (Å²) < 4.78 is 54.3. The number of hydrogen-bond donors (Lipinski definition) is 0. The van der Waals surface area contributed by atoms with Gasteiger partial charge in [-0.2, -0.15) is 13.2 Å². The highest BCUT2D eigenvalue weighted by Crippen LogP contribution is 2.38. The van der Waals surface area contributed by atoms with Gasteiger partial charge in [0.2, 0.25) is 0 Å². The Morgan fingerprint density at radius 1 is 1.03 bits per heavy atom. The largest absolute Gasteiger partial charge is 0.416 e. The van der Waals surface area contributed by atoms with Crippen molar-refractivity contribution in [2.24, 2.45) is 0 Å². The van der Waals surface area contributed by atoms with Gasteiger partial charge in [0.25, 0.3) is 0 Å². The van der Waals surface area contributed by atoms with Crippen LogP contribution in [-0.4, -0.2) is 16.1 Å². The Kier molecular flexibility index (Phi) is 7.77. The van der Waals surface area contributed by atoms with E-state index in [0.717, 1.165) is 37.1 Å². The lowest BCUT2D eigenvalue weighted by Crippen LogP contribution is -2.08. The molecule has 0 saturated carbocycles. The van der Waals surface area contributed by atoms with Crippen LogP contribution in [0, 0.1) is 5.82 Å². The highest BCUT2D eigenvalue weighted by Gasteiger charge is 2.31. The number of nitrogens with zero attached hydrogens (tertiary/aromatic N) is 1. The van der Waals surface area contributed by atoms with Crippen LogP contribution in [0.15, 0.2) is 54.6 Å². The molecule has 0 aliphatic carbocycles. The lowest BCUT2D eigenvalue weighted by Gasteiger charge is -2.13. The van der Waals surface area contributed by atoms with Crippen LogP contribution in [0.25, 0.3) is 17.3 Å². The molecule has 0 amide bonds. The molecule has 0 atom stereocenters. The third kappa shape index (κ3) is 5.47. The molecule has 0 spiro atoms. The van der Waals surface area contributed by atoms with Gasteiger partial charge >= 0.3 is 6.18 Å². The van der Waals surface area contributed by atoms with Crippen LogP contribution in [0.1, 0.15) is 53.7 Å². The molecular weight excluding hydrogens is 470 g/mol. The van der Waals surface area contributed by atoms with Gasteiger partial charge in [0.15, 0.2) is 11.6 Å². The summed E-state index contributed by atoms with van der Waals surface area (Å²) in [4.78, 5) is 25.2. The van der Waals surface area contributed by atoms with Gasteiger partial charge in [-0.25, -0.2) is 4.39 Å². The average Bonchev–Trinajstić information content (AvgIpc) is 3.07. The van der Waals surface area contributed by atoms with Crippen molar-refractivity contribution in [3.63, 3.8) is 0 Å². The van der Waals surface area contributed by atoms with Crippen molar-refractivity contribution in [1.82, 2.24) is 4.57 Å². The summed E-state index contributed by atoms with van der Waals surface area (Å²) in [7, 11) is 0. The van der Waals surface area contributed by atoms with Crippen LogP contribution < -0.4 is 0 Å². The molecule has 3 aromatic rings. The van der Waals surface area contributed by atoms with Crippen molar-refractivity contribution >= 4 is 29.2 Å². The van der Waals surface area contributed by atoms with Gasteiger partial charge in [-0.1, -0.05) is 37.1 Å². The zero-order valence-electron chi connectivity index (χ0n) is 18.5. The molecule has 0 bridgehead atoms. The first-order chi connectivity index (χ1) is 16.0. The summed E-state index contributed by atoms with van der Waals surface area (Å²) in [6.45, 7) is 3.78. The SMILES string of the molecule is CCCCn1c(Cl)c(/C=C/C(C)=O)c(C(=O)c2ccc(C(F)(F)F)cc2)c1-c1ccc(F)cc1. The molecule has 1 heterocycles. The third-order valence-corrected chi connectivity index (χ3v) is 5.68. The first-order valence-corrected chi connectivity index (χ1v) is 11.0. The van der Waals surface area contributed by atoms with Crippen molar-refractivity contribution in [2.75, 3.05) is 0 Å². The van der Waals surface area contributed by atoms with E-state index < -0.39 is 23.3 Å². The second kappa shape index (κ2) is 10.4. The second-order valence-electron chi connectivity index (χ2n) is 7.79. The fourth-order valence-electron chi connectivity index (χ4n) is 3.58. The molecule has 178 valence electrons. The first-order valence-electron chi connectivity index (χ1n) is 10.6. The number of carbonyl (C=O) groups is 2. The molecule has 2 aromatic carbocycles. The van der Waals surface area contributed by atoms with Gasteiger partial charge in [0, 0.05) is 17.7 Å². The fraction of sp³-hybridized carbons (Fsp3) is 0.231. The zero-order chi connectivity index (χ0) is 25.0. The van der Waals surface area contributed by atoms with Gasteiger partial charge in [0.1, 0.15) is 11.0 Å². The van der Waals surface area contributed by atoms with Crippen LogP contribution in [-0.2, 0) is 17.5 Å². The minimum Gasteiger partial charge on any atom is -0.330 e. The zero-order valence-corrected chi connectivity index (χ0v) is 19.3. The number of allylic oxidation sites excluding steroid dienone is 1. The average molecular weight is 492 g/mol. The number of unbranched alkanes of at least 4 members (excludes halogenated alkanes) is 1. The van der Waals surface area contributed by atoms with Gasteiger partial charge in [-0.3, -0.25) is 9.59 Å². The number of aromatic nitrogens is 1. The van der Waals surface area contributed by atoms with Crippen LogP contribution in [0.4, 0.5) is 17.6 Å². The summed E-state index contributed by atoms with van der Waals surface area (Å²) >= 11 is 6.68. The number of hydrogen-bond acceptors (Lipinski definition) is 2. The molecule has 0 radical (unpaired) electrons. The van der Waals surface area contributed by atoms with Gasteiger partial charge in [-0.15, -0.1) is 0 Å². The quantitative estimate of drug-likeness (QED) is 0.185. The Morgan fingerprint density at radius 3 is 2.18 bits per heavy atom. The molecule has 8 heteroatoms. The van der Waals surface area contributed by atoms with E-state index in [9.17, 15) is 27.2 Å². The number of benzene rings is 2. The Balaban J connectivity index is 2.28.